The van der Waals surface area contributed by atoms with Crippen molar-refractivity contribution in [2.24, 2.45) is 5.92 Å². The quantitative estimate of drug-likeness (QED) is 0.817. The van der Waals surface area contributed by atoms with Crippen LogP contribution in [0.2, 0.25) is 0 Å². The Labute approximate surface area is 102 Å². The molecule has 16 heavy (non-hydrogen) atoms. The molecule has 0 heterocycles. The molecule has 0 amide bonds. The Morgan fingerprint density at radius 3 is 2.94 bits per heavy atom. The van der Waals surface area contributed by atoms with Crippen molar-refractivity contribution in [3.63, 3.8) is 0 Å². The lowest BCUT2D eigenvalue weighted by Crippen LogP contribution is -2.20. The number of allylic oxidation sites excluding steroid dienone is 3. The van der Waals surface area contributed by atoms with Crippen molar-refractivity contribution < 1.29 is 9.90 Å². The fraction of sp³-hybridized carbons (Fsp3) is 0.615. The molecule has 0 saturated heterocycles. The number of hydrogen-bond donors (Lipinski definition) is 1. The third-order valence-electron chi connectivity index (χ3n) is 2.92. The van der Waals surface area contributed by atoms with Gasteiger partial charge < -0.3 is 5.11 Å². The van der Waals surface area contributed by atoms with E-state index in [0.29, 0.717) is 11.7 Å². The lowest BCUT2D eigenvalue weighted by atomic mass is 9.83. The van der Waals surface area contributed by atoms with Crippen LogP contribution in [-0.4, -0.2) is 22.4 Å². The molecule has 0 radical (unpaired) electrons. The number of hydrogen-bond acceptors (Lipinski definition) is 3. The molecule has 0 fully saturated rings. The number of ketones is 1. The Morgan fingerprint density at radius 2 is 2.38 bits per heavy atom. The molecular formula is C13H20O2S. The lowest BCUT2D eigenvalue weighted by molar-refractivity contribution is -0.115. The normalized spacial score (nSPS) is 25.7. The first kappa shape index (κ1) is 13.4. The van der Waals surface area contributed by atoms with Crippen LogP contribution in [0.15, 0.2) is 23.5 Å². The number of rotatable bonds is 4. The summed E-state index contributed by atoms with van der Waals surface area (Å²) in [5.74, 6) is 0.417. The summed E-state index contributed by atoms with van der Waals surface area (Å²) in [6.07, 6.45) is 7.87. The van der Waals surface area contributed by atoms with Gasteiger partial charge in [0.1, 0.15) is 5.76 Å². The predicted octanol–water partition coefficient (Wildman–Crippen LogP) is 3.50. The number of carbonyl (C=O) groups excluding carboxylic acids is 1. The average Bonchev–Trinajstić information content (AvgIpc) is 2.23. The molecule has 0 aliphatic heterocycles. The topological polar surface area (TPSA) is 37.3 Å². The summed E-state index contributed by atoms with van der Waals surface area (Å²) in [7, 11) is 0. The second kappa shape index (κ2) is 6.14. The minimum absolute atomic E-state index is 0.0454. The van der Waals surface area contributed by atoms with E-state index in [4.69, 9.17) is 0 Å². The van der Waals surface area contributed by atoms with Gasteiger partial charge in [-0.05, 0) is 30.6 Å². The van der Waals surface area contributed by atoms with Crippen LogP contribution >= 0.6 is 11.8 Å². The zero-order valence-corrected chi connectivity index (χ0v) is 11.0. The van der Waals surface area contributed by atoms with E-state index in [2.05, 4.69) is 13.2 Å². The second-order valence-corrected chi connectivity index (χ2v) is 5.52. The van der Waals surface area contributed by atoms with E-state index in [0.717, 1.165) is 18.4 Å². The molecule has 0 aromatic rings. The maximum absolute atomic E-state index is 11.4. The number of aliphatic hydroxyl groups is 1. The molecule has 2 nitrogen and oxygen atoms in total. The molecule has 2 unspecified atom stereocenters. The maximum atomic E-state index is 11.4. The fourth-order valence-electron chi connectivity index (χ4n) is 2.06. The van der Waals surface area contributed by atoms with E-state index in [-0.39, 0.29) is 17.5 Å². The molecule has 1 rings (SSSR count). The highest BCUT2D eigenvalue weighted by Crippen LogP contribution is 2.32. The van der Waals surface area contributed by atoms with Gasteiger partial charge in [-0.2, -0.15) is 11.8 Å². The predicted molar refractivity (Wildman–Crippen MR) is 69.8 cm³/mol. The summed E-state index contributed by atoms with van der Waals surface area (Å²) >= 11 is 1.80. The SMILES string of the molecule is CCC=C1C(O)=CC(=O)CC1CC(C)SC. The van der Waals surface area contributed by atoms with Crippen LogP contribution in [0.5, 0.6) is 0 Å². The first-order valence-corrected chi connectivity index (χ1v) is 7.04. The van der Waals surface area contributed by atoms with Gasteiger partial charge in [-0.1, -0.05) is 19.9 Å². The second-order valence-electron chi connectivity index (χ2n) is 4.25. The van der Waals surface area contributed by atoms with Crippen molar-refractivity contribution in [3.8, 4) is 0 Å². The van der Waals surface area contributed by atoms with Gasteiger partial charge >= 0.3 is 0 Å². The van der Waals surface area contributed by atoms with Gasteiger partial charge in [0.25, 0.3) is 0 Å². The van der Waals surface area contributed by atoms with Crippen LogP contribution in [0.1, 0.15) is 33.1 Å². The molecule has 2 atom stereocenters. The van der Waals surface area contributed by atoms with Crippen LogP contribution in [0.25, 0.3) is 0 Å². The summed E-state index contributed by atoms with van der Waals surface area (Å²) in [4.78, 5) is 11.4. The van der Waals surface area contributed by atoms with Crippen molar-refractivity contribution in [3.05, 3.63) is 23.5 Å². The van der Waals surface area contributed by atoms with Crippen molar-refractivity contribution in [2.45, 2.75) is 38.4 Å². The van der Waals surface area contributed by atoms with Gasteiger partial charge in [0.2, 0.25) is 0 Å². The third kappa shape index (κ3) is 3.41. The molecule has 0 bridgehead atoms. The maximum Gasteiger partial charge on any atom is 0.159 e. The molecule has 0 aromatic carbocycles. The van der Waals surface area contributed by atoms with E-state index < -0.39 is 0 Å². The molecule has 0 saturated carbocycles. The van der Waals surface area contributed by atoms with Gasteiger partial charge in [0.05, 0.1) is 0 Å². The molecule has 3 heteroatoms. The largest absolute Gasteiger partial charge is 0.508 e. The Hall–Kier alpha value is -0.700. The smallest absolute Gasteiger partial charge is 0.159 e. The minimum atomic E-state index is 0.0454. The molecule has 1 aliphatic rings. The van der Waals surface area contributed by atoms with Gasteiger partial charge in [-0.15, -0.1) is 0 Å². The molecule has 90 valence electrons. The van der Waals surface area contributed by atoms with Gasteiger partial charge in [-0.25, -0.2) is 0 Å². The van der Waals surface area contributed by atoms with Crippen molar-refractivity contribution >= 4 is 17.5 Å². The van der Waals surface area contributed by atoms with E-state index >= 15 is 0 Å². The van der Waals surface area contributed by atoms with Gasteiger partial charge in [0, 0.05) is 17.7 Å². The van der Waals surface area contributed by atoms with Crippen LogP contribution in [-0.2, 0) is 4.79 Å². The zero-order chi connectivity index (χ0) is 12.1. The summed E-state index contributed by atoms with van der Waals surface area (Å²) in [6.45, 7) is 4.21. The van der Waals surface area contributed by atoms with Crippen LogP contribution < -0.4 is 0 Å². The Morgan fingerprint density at radius 1 is 1.69 bits per heavy atom. The summed E-state index contributed by atoms with van der Waals surface area (Å²) in [5.41, 5.74) is 0.961. The summed E-state index contributed by atoms with van der Waals surface area (Å²) in [6, 6.07) is 0. The fourth-order valence-corrected chi connectivity index (χ4v) is 2.48. The molecule has 1 aliphatic carbocycles. The van der Waals surface area contributed by atoms with Crippen LogP contribution in [0, 0.1) is 5.92 Å². The molecule has 1 N–H and O–H groups in total. The highest BCUT2D eigenvalue weighted by atomic mass is 32.2. The number of thioether (sulfide) groups is 1. The van der Waals surface area contributed by atoms with E-state index in [1.165, 1.54) is 6.08 Å². The number of aliphatic hydroxyl groups excluding tert-OH is 1. The highest BCUT2D eigenvalue weighted by molar-refractivity contribution is 7.99. The minimum Gasteiger partial charge on any atom is -0.508 e. The zero-order valence-electron chi connectivity index (χ0n) is 10.2. The highest BCUT2D eigenvalue weighted by Gasteiger charge is 2.26. The Kier molecular flexibility index (Phi) is 5.13. The van der Waals surface area contributed by atoms with Gasteiger partial charge in [0.15, 0.2) is 5.78 Å². The van der Waals surface area contributed by atoms with Crippen molar-refractivity contribution in [1.29, 1.82) is 0 Å². The van der Waals surface area contributed by atoms with Crippen molar-refractivity contribution in [1.82, 2.24) is 0 Å². The van der Waals surface area contributed by atoms with E-state index in [1.807, 2.05) is 13.0 Å². The van der Waals surface area contributed by atoms with Gasteiger partial charge in [-0.3, -0.25) is 4.79 Å². The van der Waals surface area contributed by atoms with Crippen molar-refractivity contribution in [2.75, 3.05) is 6.26 Å². The first-order valence-electron chi connectivity index (χ1n) is 5.75. The number of carbonyl (C=O) groups is 1. The monoisotopic (exact) mass is 240 g/mol. The Balaban J connectivity index is 2.85. The average molecular weight is 240 g/mol. The standard InChI is InChI=1S/C13H20O2S/c1-4-5-12-10(6-9(2)16-3)7-11(14)8-13(12)15/h5,8-10,15H,4,6-7H2,1-3H3. The summed E-state index contributed by atoms with van der Waals surface area (Å²) < 4.78 is 0. The van der Waals surface area contributed by atoms with Crippen LogP contribution in [0.3, 0.4) is 0 Å². The van der Waals surface area contributed by atoms with E-state index in [9.17, 15) is 9.90 Å². The first-order chi connectivity index (χ1) is 7.58. The van der Waals surface area contributed by atoms with Crippen LogP contribution in [0.4, 0.5) is 0 Å². The lowest BCUT2D eigenvalue weighted by Gasteiger charge is -2.25. The molecule has 0 aromatic heterocycles. The summed E-state index contributed by atoms with van der Waals surface area (Å²) in [5, 5.41) is 10.3. The Bertz CT molecular complexity index is 318. The molecule has 0 spiro atoms. The molecular weight excluding hydrogens is 220 g/mol. The van der Waals surface area contributed by atoms with E-state index in [1.54, 1.807) is 11.8 Å². The third-order valence-corrected chi connectivity index (χ3v) is 3.92.